The maximum absolute atomic E-state index is 12.8. The van der Waals surface area contributed by atoms with Crippen molar-refractivity contribution in [1.29, 1.82) is 0 Å². The lowest BCUT2D eigenvalue weighted by molar-refractivity contribution is 0.507. The predicted octanol–water partition coefficient (Wildman–Crippen LogP) is 2.38. The number of nitrogens with zero attached hydrogens (tertiary/aromatic N) is 2. The van der Waals surface area contributed by atoms with Crippen molar-refractivity contribution in [2.45, 2.75) is 10.9 Å². The molecule has 0 fully saturated rings. The minimum atomic E-state index is -0.830. The molecule has 6 heteroatoms. The van der Waals surface area contributed by atoms with E-state index in [0.717, 1.165) is 6.07 Å². The van der Waals surface area contributed by atoms with Gasteiger partial charge < -0.3 is 0 Å². The van der Waals surface area contributed by atoms with Gasteiger partial charge in [0.2, 0.25) is 0 Å². The van der Waals surface area contributed by atoms with E-state index >= 15 is 0 Å². The van der Waals surface area contributed by atoms with Crippen LogP contribution in [0.5, 0.6) is 0 Å². The third-order valence-corrected chi connectivity index (χ3v) is 2.70. The molecule has 0 unspecified atom stereocenters. The summed E-state index contributed by atoms with van der Waals surface area (Å²) in [6.07, 6.45) is 1.40. The molecule has 15 heavy (non-hydrogen) atoms. The molecular formula is C9H7F2N3S. The molecule has 1 N–H and O–H groups in total. The molecule has 2 aromatic rings. The summed E-state index contributed by atoms with van der Waals surface area (Å²) in [7, 11) is 0. The van der Waals surface area contributed by atoms with E-state index in [1.165, 1.54) is 24.2 Å². The van der Waals surface area contributed by atoms with Gasteiger partial charge in [0.05, 0.1) is 0 Å². The van der Waals surface area contributed by atoms with Crippen LogP contribution in [0.2, 0.25) is 0 Å². The molecule has 0 aliphatic heterocycles. The third kappa shape index (κ3) is 2.53. The number of rotatable bonds is 3. The van der Waals surface area contributed by atoms with Crippen molar-refractivity contribution in [3.05, 3.63) is 41.7 Å². The Balaban J connectivity index is 2.02. The van der Waals surface area contributed by atoms with Gasteiger partial charge in [0, 0.05) is 5.75 Å². The molecule has 78 valence electrons. The van der Waals surface area contributed by atoms with E-state index in [4.69, 9.17) is 0 Å². The monoisotopic (exact) mass is 227 g/mol. The first-order valence-corrected chi connectivity index (χ1v) is 5.16. The van der Waals surface area contributed by atoms with Gasteiger partial charge in [-0.3, -0.25) is 5.10 Å². The molecule has 3 nitrogen and oxygen atoms in total. The molecule has 1 heterocycles. The van der Waals surface area contributed by atoms with Gasteiger partial charge in [-0.15, -0.1) is 0 Å². The predicted molar refractivity (Wildman–Crippen MR) is 52.3 cm³/mol. The molecule has 1 aromatic heterocycles. The highest BCUT2D eigenvalue weighted by Crippen LogP contribution is 2.19. The number of aromatic nitrogens is 3. The first kappa shape index (κ1) is 10.1. The van der Waals surface area contributed by atoms with Crippen LogP contribution in [-0.4, -0.2) is 15.2 Å². The lowest BCUT2D eigenvalue weighted by Gasteiger charge is -1.99. The van der Waals surface area contributed by atoms with Crippen molar-refractivity contribution < 1.29 is 8.78 Å². The van der Waals surface area contributed by atoms with Crippen molar-refractivity contribution in [3.8, 4) is 0 Å². The van der Waals surface area contributed by atoms with Gasteiger partial charge >= 0.3 is 0 Å². The fraction of sp³-hybridized carbons (Fsp3) is 0.111. The van der Waals surface area contributed by atoms with Gasteiger partial charge in [-0.05, 0) is 17.7 Å². The van der Waals surface area contributed by atoms with Crippen molar-refractivity contribution in [3.63, 3.8) is 0 Å². The molecule has 2 rings (SSSR count). The number of thioether (sulfide) groups is 1. The lowest BCUT2D eigenvalue weighted by atomic mass is 10.2. The Kier molecular flexibility index (Phi) is 2.96. The van der Waals surface area contributed by atoms with Crippen molar-refractivity contribution >= 4 is 11.8 Å². The zero-order valence-corrected chi connectivity index (χ0v) is 8.39. The van der Waals surface area contributed by atoms with Gasteiger partial charge in [-0.25, -0.2) is 13.8 Å². The van der Waals surface area contributed by atoms with E-state index in [9.17, 15) is 8.78 Å². The molecule has 0 aliphatic rings. The summed E-state index contributed by atoms with van der Waals surface area (Å²) in [4.78, 5) is 3.90. The maximum atomic E-state index is 12.8. The van der Waals surface area contributed by atoms with Gasteiger partial charge in [0.25, 0.3) is 0 Å². The van der Waals surface area contributed by atoms with Crippen LogP contribution in [0.1, 0.15) is 5.56 Å². The molecular weight excluding hydrogens is 220 g/mol. The van der Waals surface area contributed by atoms with Gasteiger partial charge in [-0.1, -0.05) is 17.8 Å². The summed E-state index contributed by atoms with van der Waals surface area (Å²) < 4.78 is 25.4. The Labute approximate surface area is 88.9 Å². The zero-order chi connectivity index (χ0) is 10.7. The molecule has 0 saturated carbocycles. The Hall–Kier alpha value is -1.43. The highest BCUT2D eigenvalue weighted by Gasteiger charge is 2.03. The summed E-state index contributed by atoms with van der Waals surface area (Å²) in [5.41, 5.74) is 0.704. The maximum Gasteiger partial charge on any atom is 0.183 e. The number of hydrogen-bond donors (Lipinski definition) is 1. The normalized spacial score (nSPS) is 10.5. The summed E-state index contributed by atoms with van der Waals surface area (Å²) in [6.45, 7) is 0. The highest BCUT2D eigenvalue weighted by atomic mass is 32.2. The van der Waals surface area contributed by atoms with Crippen LogP contribution in [0.3, 0.4) is 0 Å². The molecule has 0 atom stereocenters. The van der Waals surface area contributed by atoms with Crippen LogP contribution in [0.4, 0.5) is 8.78 Å². The van der Waals surface area contributed by atoms with Crippen LogP contribution in [-0.2, 0) is 5.75 Å². The van der Waals surface area contributed by atoms with Gasteiger partial charge in [-0.2, -0.15) is 5.10 Å². The standard InChI is InChI=1S/C9H7F2N3S/c10-7-2-1-6(3-8(7)11)4-15-9-12-5-13-14-9/h1-3,5H,4H2,(H,12,13,14). The summed E-state index contributed by atoms with van der Waals surface area (Å²) in [6, 6.07) is 3.84. The Bertz CT molecular complexity index is 445. The quantitative estimate of drug-likeness (QED) is 0.818. The van der Waals surface area contributed by atoms with Crippen LogP contribution >= 0.6 is 11.8 Å². The molecule has 0 amide bonds. The zero-order valence-electron chi connectivity index (χ0n) is 7.58. The van der Waals surface area contributed by atoms with Crippen LogP contribution in [0.25, 0.3) is 0 Å². The summed E-state index contributed by atoms with van der Waals surface area (Å²) in [5.74, 6) is -1.14. The highest BCUT2D eigenvalue weighted by molar-refractivity contribution is 7.98. The molecule has 0 bridgehead atoms. The number of benzene rings is 1. The van der Waals surface area contributed by atoms with Crippen LogP contribution in [0.15, 0.2) is 29.7 Å². The number of hydrogen-bond acceptors (Lipinski definition) is 3. The van der Waals surface area contributed by atoms with E-state index in [-0.39, 0.29) is 0 Å². The Morgan fingerprint density at radius 3 is 2.80 bits per heavy atom. The van der Waals surface area contributed by atoms with E-state index in [0.29, 0.717) is 16.5 Å². The second-order valence-corrected chi connectivity index (χ2v) is 3.79. The SMILES string of the molecule is Fc1ccc(CSc2ncn[nH]2)cc1F. The third-order valence-electron chi connectivity index (χ3n) is 1.75. The summed E-state index contributed by atoms with van der Waals surface area (Å²) in [5, 5.41) is 7.00. The second-order valence-electron chi connectivity index (χ2n) is 2.83. The number of halogens is 2. The fourth-order valence-electron chi connectivity index (χ4n) is 1.04. The second kappa shape index (κ2) is 4.39. The molecule has 0 spiro atoms. The first-order valence-electron chi connectivity index (χ1n) is 4.18. The number of H-pyrrole nitrogens is 1. The largest absolute Gasteiger partial charge is 0.254 e. The van der Waals surface area contributed by atoms with Crippen molar-refractivity contribution in [2.75, 3.05) is 0 Å². The van der Waals surface area contributed by atoms with Gasteiger partial charge in [0.1, 0.15) is 6.33 Å². The average Bonchev–Trinajstić information content (AvgIpc) is 2.73. The first-order chi connectivity index (χ1) is 7.25. The fourth-order valence-corrected chi connectivity index (χ4v) is 1.77. The molecule has 0 saturated heterocycles. The minimum Gasteiger partial charge on any atom is -0.254 e. The Morgan fingerprint density at radius 2 is 2.13 bits per heavy atom. The number of nitrogens with one attached hydrogen (secondary N) is 1. The lowest BCUT2D eigenvalue weighted by Crippen LogP contribution is -1.87. The smallest absolute Gasteiger partial charge is 0.183 e. The van der Waals surface area contributed by atoms with Crippen molar-refractivity contribution in [2.24, 2.45) is 0 Å². The summed E-state index contributed by atoms with van der Waals surface area (Å²) >= 11 is 1.38. The topological polar surface area (TPSA) is 41.6 Å². The van der Waals surface area contributed by atoms with E-state index < -0.39 is 11.6 Å². The van der Waals surface area contributed by atoms with Crippen LogP contribution in [0, 0.1) is 11.6 Å². The number of aromatic amines is 1. The molecule has 0 radical (unpaired) electrons. The van der Waals surface area contributed by atoms with Crippen LogP contribution < -0.4 is 0 Å². The molecule has 0 aliphatic carbocycles. The average molecular weight is 227 g/mol. The van der Waals surface area contributed by atoms with Crippen molar-refractivity contribution in [1.82, 2.24) is 15.2 Å². The minimum absolute atomic E-state index is 0.520. The van der Waals surface area contributed by atoms with E-state index in [2.05, 4.69) is 15.2 Å². The van der Waals surface area contributed by atoms with Gasteiger partial charge in [0.15, 0.2) is 16.8 Å². The molecule has 1 aromatic carbocycles. The van der Waals surface area contributed by atoms with E-state index in [1.54, 1.807) is 6.07 Å². The van der Waals surface area contributed by atoms with E-state index in [1.807, 2.05) is 0 Å². The Morgan fingerprint density at radius 1 is 1.27 bits per heavy atom.